The van der Waals surface area contributed by atoms with Gasteiger partial charge in [-0.1, -0.05) is 36.4 Å². The van der Waals surface area contributed by atoms with E-state index in [-0.39, 0.29) is 0 Å². The van der Waals surface area contributed by atoms with Crippen molar-refractivity contribution in [2.45, 2.75) is 31.5 Å². The number of hydrogen-bond acceptors (Lipinski definition) is 4. The van der Waals surface area contributed by atoms with Gasteiger partial charge in [-0.2, -0.15) is 0 Å². The molecule has 0 saturated carbocycles. The standard InChI is InChI=1S/C24H27N3O/c1-28-23-13-12-19(21-10-5-6-14-25-21)16-20(23)17-27-22-11-7-15-26-24(22)18-8-3-2-4-9-18/h2-6,8-10,12-14,16,22,24,26-27H,7,11,15,17H2,1H3/t22-,24-/m0/s1. The average Bonchev–Trinajstić information content (AvgIpc) is 2.79. The van der Waals surface area contributed by atoms with Crippen LogP contribution in [0.3, 0.4) is 0 Å². The Labute approximate surface area is 167 Å². The molecular weight excluding hydrogens is 346 g/mol. The van der Waals surface area contributed by atoms with Gasteiger partial charge in [0.05, 0.1) is 12.8 Å². The molecule has 3 aromatic rings. The maximum Gasteiger partial charge on any atom is 0.123 e. The molecule has 1 aliphatic heterocycles. The minimum absolute atomic E-state index is 0.333. The van der Waals surface area contributed by atoms with Crippen LogP contribution in [0.1, 0.15) is 30.0 Å². The number of rotatable bonds is 6. The third kappa shape index (κ3) is 4.24. The molecule has 1 aliphatic rings. The van der Waals surface area contributed by atoms with Gasteiger partial charge in [0.1, 0.15) is 5.75 Å². The summed E-state index contributed by atoms with van der Waals surface area (Å²) in [5.41, 5.74) is 4.59. The Kier molecular flexibility index (Phi) is 6.00. The summed E-state index contributed by atoms with van der Waals surface area (Å²) in [6, 6.07) is 23.7. The van der Waals surface area contributed by atoms with Crippen molar-refractivity contribution >= 4 is 0 Å². The molecule has 2 aromatic carbocycles. The highest BCUT2D eigenvalue weighted by atomic mass is 16.5. The van der Waals surface area contributed by atoms with Gasteiger partial charge in [0.25, 0.3) is 0 Å². The topological polar surface area (TPSA) is 46.2 Å². The van der Waals surface area contributed by atoms with E-state index in [1.807, 2.05) is 30.5 Å². The number of nitrogens with one attached hydrogen (secondary N) is 2. The molecule has 0 aliphatic carbocycles. The van der Waals surface area contributed by atoms with Gasteiger partial charge in [0, 0.05) is 36.0 Å². The van der Waals surface area contributed by atoms with Gasteiger partial charge >= 0.3 is 0 Å². The highest BCUT2D eigenvalue weighted by Crippen LogP contribution is 2.27. The van der Waals surface area contributed by atoms with E-state index >= 15 is 0 Å². The molecule has 4 nitrogen and oxygen atoms in total. The summed E-state index contributed by atoms with van der Waals surface area (Å²) in [5.74, 6) is 0.909. The van der Waals surface area contributed by atoms with Crippen molar-refractivity contribution in [2.75, 3.05) is 13.7 Å². The van der Waals surface area contributed by atoms with Gasteiger partial charge in [0.15, 0.2) is 0 Å². The van der Waals surface area contributed by atoms with E-state index < -0.39 is 0 Å². The fraction of sp³-hybridized carbons (Fsp3) is 0.292. The Morgan fingerprint density at radius 3 is 2.71 bits per heavy atom. The van der Waals surface area contributed by atoms with Gasteiger partial charge in [0.2, 0.25) is 0 Å². The summed E-state index contributed by atoms with van der Waals surface area (Å²) in [6.07, 6.45) is 4.18. The van der Waals surface area contributed by atoms with Gasteiger partial charge in [-0.3, -0.25) is 4.98 Å². The van der Waals surface area contributed by atoms with Crippen molar-refractivity contribution in [1.82, 2.24) is 15.6 Å². The van der Waals surface area contributed by atoms with Gasteiger partial charge in [-0.05, 0) is 55.3 Å². The second kappa shape index (κ2) is 9.00. The monoisotopic (exact) mass is 373 g/mol. The predicted molar refractivity (Wildman–Crippen MR) is 113 cm³/mol. The van der Waals surface area contributed by atoms with Crippen LogP contribution in [0, 0.1) is 0 Å². The smallest absolute Gasteiger partial charge is 0.123 e. The second-order valence-corrected chi connectivity index (χ2v) is 7.21. The maximum absolute atomic E-state index is 5.61. The summed E-state index contributed by atoms with van der Waals surface area (Å²) in [7, 11) is 1.73. The third-order valence-electron chi connectivity index (χ3n) is 5.41. The van der Waals surface area contributed by atoms with Crippen molar-refractivity contribution in [3.8, 4) is 17.0 Å². The molecule has 1 saturated heterocycles. The van der Waals surface area contributed by atoms with Crippen LogP contribution in [-0.2, 0) is 6.54 Å². The number of nitrogens with zero attached hydrogens (tertiary/aromatic N) is 1. The fourth-order valence-corrected chi connectivity index (χ4v) is 3.97. The lowest BCUT2D eigenvalue weighted by atomic mass is 9.92. The first-order valence-corrected chi connectivity index (χ1v) is 9.95. The zero-order valence-corrected chi connectivity index (χ0v) is 16.3. The molecule has 1 fully saturated rings. The molecule has 4 heteroatoms. The van der Waals surface area contributed by atoms with Crippen LogP contribution in [0.5, 0.6) is 5.75 Å². The van der Waals surface area contributed by atoms with Gasteiger partial charge in [-0.25, -0.2) is 0 Å². The molecule has 2 N–H and O–H groups in total. The van der Waals surface area contributed by atoms with Crippen molar-refractivity contribution < 1.29 is 4.74 Å². The molecule has 1 aromatic heterocycles. The lowest BCUT2D eigenvalue weighted by Crippen LogP contribution is -2.45. The third-order valence-corrected chi connectivity index (χ3v) is 5.41. The van der Waals surface area contributed by atoms with Crippen molar-refractivity contribution in [3.05, 3.63) is 84.1 Å². The Balaban J connectivity index is 1.53. The number of hydrogen-bond donors (Lipinski definition) is 2. The molecule has 2 atom stereocenters. The van der Waals surface area contributed by atoms with E-state index in [1.54, 1.807) is 7.11 Å². The molecule has 4 rings (SSSR count). The number of methoxy groups -OCH3 is 1. The predicted octanol–water partition coefficient (Wildman–Crippen LogP) is 4.34. The highest BCUT2D eigenvalue weighted by Gasteiger charge is 2.25. The SMILES string of the molecule is COc1ccc(-c2ccccn2)cc1CN[C@H]1CCCN[C@H]1c1ccccc1. The quantitative estimate of drug-likeness (QED) is 0.675. The van der Waals surface area contributed by atoms with E-state index in [1.165, 1.54) is 12.0 Å². The second-order valence-electron chi connectivity index (χ2n) is 7.21. The van der Waals surface area contributed by atoms with Crippen LogP contribution in [0.15, 0.2) is 72.9 Å². The molecule has 0 unspecified atom stereocenters. The zero-order valence-electron chi connectivity index (χ0n) is 16.3. The van der Waals surface area contributed by atoms with Crippen LogP contribution in [-0.4, -0.2) is 24.7 Å². The average molecular weight is 374 g/mol. The normalized spacial score (nSPS) is 19.3. The summed E-state index contributed by atoms with van der Waals surface area (Å²) >= 11 is 0. The molecule has 2 heterocycles. The van der Waals surface area contributed by atoms with E-state index in [0.717, 1.165) is 42.1 Å². The van der Waals surface area contributed by atoms with Crippen molar-refractivity contribution in [2.24, 2.45) is 0 Å². The van der Waals surface area contributed by atoms with Crippen LogP contribution >= 0.6 is 0 Å². The summed E-state index contributed by atoms with van der Waals surface area (Å²) < 4.78 is 5.61. The highest BCUT2D eigenvalue weighted by molar-refractivity contribution is 5.61. The Hall–Kier alpha value is -2.69. The zero-order chi connectivity index (χ0) is 19.2. The van der Waals surface area contributed by atoms with Gasteiger partial charge in [-0.15, -0.1) is 0 Å². The minimum atomic E-state index is 0.333. The summed E-state index contributed by atoms with van der Waals surface area (Å²) in [4.78, 5) is 4.48. The number of pyridine rings is 1. The first-order valence-electron chi connectivity index (χ1n) is 9.95. The van der Waals surface area contributed by atoms with Crippen LogP contribution in [0.2, 0.25) is 0 Å². The Morgan fingerprint density at radius 1 is 1.07 bits per heavy atom. The van der Waals surface area contributed by atoms with E-state index in [0.29, 0.717) is 12.1 Å². The molecule has 0 spiro atoms. The van der Waals surface area contributed by atoms with E-state index in [9.17, 15) is 0 Å². The first-order chi connectivity index (χ1) is 13.8. The number of benzene rings is 2. The minimum Gasteiger partial charge on any atom is -0.496 e. The number of piperidine rings is 1. The number of ether oxygens (including phenoxy) is 1. The first kappa shape index (κ1) is 18.7. The van der Waals surface area contributed by atoms with Crippen LogP contribution in [0.4, 0.5) is 0 Å². The van der Waals surface area contributed by atoms with Crippen molar-refractivity contribution in [1.29, 1.82) is 0 Å². The largest absolute Gasteiger partial charge is 0.496 e. The molecule has 0 amide bonds. The maximum atomic E-state index is 5.61. The lowest BCUT2D eigenvalue weighted by molar-refractivity contribution is 0.303. The van der Waals surface area contributed by atoms with Crippen molar-refractivity contribution in [3.63, 3.8) is 0 Å². The molecular formula is C24H27N3O. The lowest BCUT2D eigenvalue weighted by Gasteiger charge is -2.34. The Bertz CT molecular complexity index is 883. The molecule has 28 heavy (non-hydrogen) atoms. The number of aromatic nitrogens is 1. The van der Waals surface area contributed by atoms with Crippen LogP contribution in [0.25, 0.3) is 11.3 Å². The molecule has 144 valence electrons. The summed E-state index contributed by atoms with van der Waals surface area (Å²) in [5, 5.41) is 7.46. The molecule has 0 bridgehead atoms. The van der Waals surface area contributed by atoms with Gasteiger partial charge < -0.3 is 15.4 Å². The van der Waals surface area contributed by atoms with Crippen LogP contribution < -0.4 is 15.4 Å². The summed E-state index contributed by atoms with van der Waals surface area (Å²) in [6.45, 7) is 1.83. The fourth-order valence-electron chi connectivity index (χ4n) is 3.97. The van der Waals surface area contributed by atoms with E-state index in [4.69, 9.17) is 4.74 Å². The Morgan fingerprint density at radius 2 is 1.93 bits per heavy atom. The molecule has 0 radical (unpaired) electrons. The van der Waals surface area contributed by atoms with E-state index in [2.05, 4.69) is 58.1 Å².